The molecule has 20 heavy (non-hydrogen) atoms. The van der Waals surface area contributed by atoms with Gasteiger partial charge in [0.1, 0.15) is 12.4 Å². The van der Waals surface area contributed by atoms with Crippen LogP contribution >= 0.6 is 0 Å². The minimum absolute atomic E-state index is 0.112. The number of benzene rings is 2. The molecule has 106 valence electrons. The van der Waals surface area contributed by atoms with Gasteiger partial charge in [0.05, 0.1) is 7.11 Å². The van der Waals surface area contributed by atoms with Gasteiger partial charge < -0.3 is 15.2 Å². The SMILES string of the molecule is COc1ccc(COc2ccccc2[C@@H](C)N)cc1F. The third-order valence-corrected chi connectivity index (χ3v) is 3.02. The summed E-state index contributed by atoms with van der Waals surface area (Å²) in [6.07, 6.45) is 0. The van der Waals surface area contributed by atoms with Gasteiger partial charge in [-0.1, -0.05) is 24.3 Å². The lowest BCUT2D eigenvalue weighted by Crippen LogP contribution is -2.08. The van der Waals surface area contributed by atoms with Crippen molar-refractivity contribution in [3.05, 3.63) is 59.4 Å². The molecule has 0 fully saturated rings. The molecule has 0 saturated carbocycles. The van der Waals surface area contributed by atoms with Gasteiger partial charge in [0.25, 0.3) is 0 Å². The molecule has 0 radical (unpaired) electrons. The number of methoxy groups -OCH3 is 1. The number of para-hydroxylation sites is 1. The minimum Gasteiger partial charge on any atom is -0.494 e. The van der Waals surface area contributed by atoms with Crippen LogP contribution in [-0.2, 0) is 6.61 Å². The fourth-order valence-electron chi connectivity index (χ4n) is 1.95. The molecule has 0 aliphatic carbocycles. The van der Waals surface area contributed by atoms with Gasteiger partial charge in [-0.05, 0) is 30.7 Å². The minimum atomic E-state index is -0.394. The second-order valence-electron chi connectivity index (χ2n) is 4.58. The van der Waals surface area contributed by atoms with E-state index in [0.717, 1.165) is 16.9 Å². The van der Waals surface area contributed by atoms with Crippen LogP contribution in [0.15, 0.2) is 42.5 Å². The van der Waals surface area contributed by atoms with Crippen LogP contribution in [0.3, 0.4) is 0 Å². The van der Waals surface area contributed by atoms with Crippen molar-refractivity contribution < 1.29 is 13.9 Å². The van der Waals surface area contributed by atoms with Crippen LogP contribution in [0.25, 0.3) is 0 Å². The normalized spacial score (nSPS) is 12.0. The fourth-order valence-corrected chi connectivity index (χ4v) is 1.95. The maximum Gasteiger partial charge on any atom is 0.165 e. The van der Waals surface area contributed by atoms with Crippen LogP contribution in [0.5, 0.6) is 11.5 Å². The molecule has 0 aliphatic heterocycles. The van der Waals surface area contributed by atoms with Crippen molar-refractivity contribution in [2.45, 2.75) is 19.6 Å². The summed E-state index contributed by atoms with van der Waals surface area (Å²) < 4.78 is 24.2. The maximum atomic E-state index is 13.6. The van der Waals surface area contributed by atoms with Crippen molar-refractivity contribution in [2.24, 2.45) is 5.73 Å². The first kappa shape index (κ1) is 14.3. The summed E-state index contributed by atoms with van der Waals surface area (Å²) in [6, 6.07) is 12.2. The first-order valence-electron chi connectivity index (χ1n) is 6.41. The third kappa shape index (κ3) is 3.27. The van der Waals surface area contributed by atoms with Crippen LogP contribution in [0.2, 0.25) is 0 Å². The molecule has 0 heterocycles. The number of hydrogen-bond acceptors (Lipinski definition) is 3. The monoisotopic (exact) mass is 275 g/mol. The first-order chi connectivity index (χ1) is 9.61. The molecule has 2 N–H and O–H groups in total. The van der Waals surface area contributed by atoms with Gasteiger partial charge in [0.2, 0.25) is 0 Å². The Morgan fingerprint density at radius 3 is 2.55 bits per heavy atom. The number of halogens is 1. The Morgan fingerprint density at radius 2 is 1.90 bits per heavy atom. The molecule has 0 bridgehead atoms. The van der Waals surface area contributed by atoms with E-state index in [4.69, 9.17) is 15.2 Å². The lowest BCUT2D eigenvalue weighted by molar-refractivity contribution is 0.300. The summed E-state index contributed by atoms with van der Waals surface area (Å²) in [7, 11) is 1.44. The fraction of sp³-hybridized carbons (Fsp3) is 0.250. The Labute approximate surface area is 118 Å². The molecule has 1 atom stereocenters. The van der Waals surface area contributed by atoms with Crippen LogP contribution in [-0.4, -0.2) is 7.11 Å². The van der Waals surface area contributed by atoms with Crippen LogP contribution in [0.1, 0.15) is 24.1 Å². The molecule has 0 amide bonds. The molecular weight excluding hydrogens is 257 g/mol. The predicted molar refractivity (Wildman–Crippen MR) is 76.3 cm³/mol. The van der Waals surface area contributed by atoms with Crippen molar-refractivity contribution >= 4 is 0 Å². The molecule has 2 rings (SSSR count). The number of ether oxygens (including phenoxy) is 2. The summed E-state index contributed by atoms with van der Waals surface area (Å²) in [5.74, 6) is 0.553. The molecular formula is C16H18FNO2. The molecule has 2 aromatic rings. The Kier molecular flexibility index (Phi) is 4.58. The quantitative estimate of drug-likeness (QED) is 0.909. The maximum absolute atomic E-state index is 13.6. The Hall–Kier alpha value is -2.07. The average Bonchev–Trinajstić information content (AvgIpc) is 2.45. The summed E-state index contributed by atoms with van der Waals surface area (Å²) in [4.78, 5) is 0. The average molecular weight is 275 g/mol. The van der Waals surface area contributed by atoms with Crippen molar-refractivity contribution in [1.29, 1.82) is 0 Å². The molecule has 0 saturated heterocycles. The highest BCUT2D eigenvalue weighted by molar-refractivity contribution is 5.36. The smallest absolute Gasteiger partial charge is 0.165 e. The highest BCUT2D eigenvalue weighted by atomic mass is 19.1. The Bertz CT molecular complexity index is 584. The molecule has 0 unspecified atom stereocenters. The van der Waals surface area contributed by atoms with E-state index in [1.807, 2.05) is 31.2 Å². The molecule has 4 heteroatoms. The first-order valence-corrected chi connectivity index (χ1v) is 6.41. The summed E-state index contributed by atoms with van der Waals surface area (Å²) in [6.45, 7) is 2.18. The number of hydrogen-bond donors (Lipinski definition) is 1. The zero-order valence-electron chi connectivity index (χ0n) is 11.6. The van der Waals surface area contributed by atoms with E-state index in [9.17, 15) is 4.39 Å². The topological polar surface area (TPSA) is 44.5 Å². The Balaban J connectivity index is 2.11. The third-order valence-electron chi connectivity index (χ3n) is 3.02. The second-order valence-corrected chi connectivity index (χ2v) is 4.58. The molecule has 3 nitrogen and oxygen atoms in total. The van der Waals surface area contributed by atoms with E-state index in [0.29, 0.717) is 0 Å². The largest absolute Gasteiger partial charge is 0.494 e. The van der Waals surface area contributed by atoms with Gasteiger partial charge in [0, 0.05) is 11.6 Å². The zero-order valence-corrected chi connectivity index (χ0v) is 11.6. The van der Waals surface area contributed by atoms with E-state index < -0.39 is 5.82 Å². The Morgan fingerprint density at radius 1 is 1.15 bits per heavy atom. The van der Waals surface area contributed by atoms with Gasteiger partial charge in [0.15, 0.2) is 11.6 Å². The van der Waals surface area contributed by atoms with E-state index in [-0.39, 0.29) is 18.4 Å². The summed E-state index contributed by atoms with van der Waals surface area (Å²) in [5, 5.41) is 0. The number of nitrogens with two attached hydrogens (primary N) is 1. The van der Waals surface area contributed by atoms with Crippen molar-refractivity contribution in [1.82, 2.24) is 0 Å². The zero-order chi connectivity index (χ0) is 14.5. The van der Waals surface area contributed by atoms with Crippen molar-refractivity contribution in [2.75, 3.05) is 7.11 Å². The summed E-state index contributed by atoms with van der Waals surface area (Å²) in [5.41, 5.74) is 7.56. The lowest BCUT2D eigenvalue weighted by Gasteiger charge is -2.14. The van der Waals surface area contributed by atoms with Crippen LogP contribution in [0, 0.1) is 5.82 Å². The van der Waals surface area contributed by atoms with E-state index >= 15 is 0 Å². The van der Waals surface area contributed by atoms with Crippen LogP contribution < -0.4 is 15.2 Å². The van der Waals surface area contributed by atoms with Crippen LogP contribution in [0.4, 0.5) is 4.39 Å². The highest BCUT2D eigenvalue weighted by Gasteiger charge is 2.08. The molecule has 0 spiro atoms. The van der Waals surface area contributed by atoms with Crippen molar-refractivity contribution in [3.8, 4) is 11.5 Å². The second kappa shape index (κ2) is 6.39. The van der Waals surface area contributed by atoms with Gasteiger partial charge >= 0.3 is 0 Å². The van der Waals surface area contributed by atoms with Crippen molar-refractivity contribution in [3.63, 3.8) is 0 Å². The molecule has 0 aliphatic rings. The van der Waals surface area contributed by atoms with E-state index in [1.54, 1.807) is 12.1 Å². The lowest BCUT2D eigenvalue weighted by atomic mass is 10.1. The number of rotatable bonds is 5. The van der Waals surface area contributed by atoms with E-state index in [2.05, 4.69) is 0 Å². The van der Waals surface area contributed by atoms with Gasteiger partial charge in [-0.2, -0.15) is 0 Å². The standard InChI is InChI=1S/C16H18FNO2/c1-11(18)13-5-3-4-6-15(13)20-10-12-7-8-16(19-2)14(17)9-12/h3-9,11H,10,18H2,1-2H3/t11-/m1/s1. The predicted octanol–water partition coefficient (Wildman–Crippen LogP) is 3.43. The molecule has 0 aromatic heterocycles. The van der Waals surface area contributed by atoms with Gasteiger partial charge in [-0.3, -0.25) is 0 Å². The van der Waals surface area contributed by atoms with E-state index in [1.165, 1.54) is 13.2 Å². The molecule has 2 aromatic carbocycles. The van der Waals surface area contributed by atoms with Gasteiger partial charge in [-0.15, -0.1) is 0 Å². The summed E-state index contributed by atoms with van der Waals surface area (Å²) >= 11 is 0. The van der Waals surface area contributed by atoms with Gasteiger partial charge in [-0.25, -0.2) is 4.39 Å². The highest BCUT2D eigenvalue weighted by Crippen LogP contribution is 2.25.